The van der Waals surface area contributed by atoms with Gasteiger partial charge < -0.3 is 5.11 Å². The van der Waals surface area contributed by atoms with Gasteiger partial charge in [-0.05, 0) is 12.1 Å². The van der Waals surface area contributed by atoms with Crippen molar-refractivity contribution in [3.63, 3.8) is 0 Å². The van der Waals surface area contributed by atoms with E-state index in [2.05, 4.69) is 10.2 Å². The minimum atomic E-state index is -1.12. The lowest BCUT2D eigenvalue weighted by atomic mass is 10.5. The van der Waals surface area contributed by atoms with E-state index in [0.29, 0.717) is 5.82 Å². The second kappa shape index (κ2) is 3.97. The van der Waals surface area contributed by atoms with Crippen molar-refractivity contribution in [1.29, 1.82) is 0 Å². The highest BCUT2D eigenvalue weighted by Gasteiger charge is 2.05. The minimum Gasteiger partial charge on any atom is -0.480 e. The molecule has 16 heavy (non-hydrogen) atoms. The van der Waals surface area contributed by atoms with Crippen LogP contribution in [0.1, 0.15) is 0 Å². The fourth-order valence-electron chi connectivity index (χ4n) is 1.21. The Kier molecular flexibility index (Phi) is 2.50. The van der Waals surface area contributed by atoms with Crippen LogP contribution in [-0.4, -0.2) is 30.6 Å². The Balaban J connectivity index is 2.43. The second-order valence-corrected chi connectivity index (χ2v) is 3.03. The van der Waals surface area contributed by atoms with Gasteiger partial charge in [-0.25, -0.2) is 9.36 Å². The Hall–Kier alpha value is -2.44. The molecule has 0 aromatic carbocycles. The van der Waals surface area contributed by atoms with E-state index in [9.17, 15) is 9.59 Å². The summed E-state index contributed by atoms with van der Waals surface area (Å²) in [5.41, 5.74) is -0.460. The molecule has 0 aliphatic rings. The van der Waals surface area contributed by atoms with Gasteiger partial charge in [0.25, 0.3) is 5.56 Å². The molecular weight excluding hydrogens is 212 g/mol. The van der Waals surface area contributed by atoms with Crippen LogP contribution in [-0.2, 0) is 11.3 Å². The molecule has 2 rings (SSSR count). The molecule has 2 aromatic heterocycles. The molecule has 0 aliphatic heterocycles. The molecule has 0 bridgehead atoms. The second-order valence-electron chi connectivity index (χ2n) is 3.03. The van der Waals surface area contributed by atoms with Gasteiger partial charge in [-0.15, -0.1) is 5.10 Å². The average molecular weight is 220 g/mol. The maximum Gasteiger partial charge on any atom is 0.325 e. The standard InChI is InChI=1S/C9H8N4O3/c14-8-3-2-7(12-5-1-4-10-12)11-13(8)6-9(15)16/h1-5H,6H2,(H,15,16). The van der Waals surface area contributed by atoms with Gasteiger partial charge in [0.05, 0.1) is 0 Å². The third-order valence-corrected chi connectivity index (χ3v) is 1.88. The van der Waals surface area contributed by atoms with Crippen molar-refractivity contribution in [3.05, 3.63) is 40.9 Å². The van der Waals surface area contributed by atoms with Crippen molar-refractivity contribution < 1.29 is 9.90 Å². The van der Waals surface area contributed by atoms with E-state index in [1.165, 1.54) is 16.8 Å². The molecule has 1 N–H and O–H groups in total. The van der Waals surface area contributed by atoms with E-state index in [4.69, 9.17) is 5.11 Å². The van der Waals surface area contributed by atoms with Crippen LogP contribution in [0.5, 0.6) is 0 Å². The van der Waals surface area contributed by atoms with Crippen LogP contribution in [0.15, 0.2) is 35.4 Å². The van der Waals surface area contributed by atoms with Gasteiger partial charge >= 0.3 is 5.97 Å². The summed E-state index contributed by atoms with van der Waals surface area (Å²) in [4.78, 5) is 21.8. The summed E-state index contributed by atoms with van der Waals surface area (Å²) in [6, 6.07) is 4.44. The van der Waals surface area contributed by atoms with E-state index in [0.717, 1.165) is 4.68 Å². The van der Waals surface area contributed by atoms with Crippen LogP contribution >= 0.6 is 0 Å². The van der Waals surface area contributed by atoms with E-state index >= 15 is 0 Å². The molecule has 82 valence electrons. The van der Waals surface area contributed by atoms with E-state index in [1.54, 1.807) is 18.5 Å². The molecule has 0 radical (unpaired) electrons. The number of carboxylic acids is 1. The molecular formula is C9H8N4O3. The van der Waals surface area contributed by atoms with Crippen LogP contribution < -0.4 is 5.56 Å². The topological polar surface area (TPSA) is 90.0 Å². The lowest BCUT2D eigenvalue weighted by molar-refractivity contribution is -0.138. The van der Waals surface area contributed by atoms with Gasteiger partial charge in [-0.2, -0.15) is 5.10 Å². The average Bonchev–Trinajstić information content (AvgIpc) is 2.73. The first-order chi connectivity index (χ1) is 7.66. The Morgan fingerprint density at radius 2 is 2.25 bits per heavy atom. The van der Waals surface area contributed by atoms with Gasteiger partial charge in [-0.3, -0.25) is 9.59 Å². The summed E-state index contributed by atoms with van der Waals surface area (Å²) in [5.74, 6) is -0.724. The molecule has 0 amide bonds. The summed E-state index contributed by atoms with van der Waals surface area (Å²) in [6.45, 7) is -0.464. The van der Waals surface area contributed by atoms with Crippen LogP contribution in [0.2, 0.25) is 0 Å². The lowest BCUT2D eigenvalue weighted by Gasteiger charge is -2.03. The molecule has 0 saturated carbocycles. The van der Waals surface area contributed by atoms with E-state index < -0.39 is 18.1 Å². The number of rotatable bonds is 3. The first-order valence-electron chi connectivity index (χ1n) is 4.47. The molecule has 2 heterocycles. The lowest BCUT2D eigenvalue weighted by Crippen LogP contribution is -2.26. The quantitative estimate of drug-likeness (QED) is 0.754. The molecule has 0 atom stereocenters. The molecule has 0 saturated heterocycles. The Labute approximate surface area is 89.6 Å². The highest BCUT2D eigenvalue weighted by molar-refractivity contribution is 5.66. The summed E-state index contributed by atoms with van der Waals surface area (Å²) in [5, 5.41) is 16.4. The predicted molar refractivity (Wildman–Crippen MR) is 53.3 cm³/mol. The van der Waals surface area contributed by atoms with Crippen LogP contribution in [0.4, 0.5) is 0 Å². The summed E-state index contributed by atoms with van der Waals surface area (Å²) < 4.78 is 2.32. The largest absolute Gasteiger partial charge is 0.480 e. The fourth-order valence-corrected chi connectivity index (χ4v) is 1.21. The van der Waals surface area contributed by atoms with Crippen molar-refractivity contribution in [2.24, 2.45) is 0 Å². The summed E-state index contributed by atoms with van der Waals surface area (Å²) in [6.07, 6.45) is 3.21. The third-order valence-electron chi connectivity index (χ3n) is 1.88. The van der Waals surface area contributed by atoms with Crippen molar-refractivity contribution in [2.45, 2.75) is 6.54 Å². The molecule has 7 heteroatoms. The third kappa shape index (κ3) is 1.97. The van der Waals surface area contributed by atoms with Crippen molar-refractivity contribution in [3.8, 4) is 5.82 Å². The zero-order chi connectivity index (χ0) is 11.5. The smallest absolute Gasteiger partial charge is 0.325 e. The van der Waals surface area contributed by atoms with Gasteiger partial charge in [-0.1, -0.05) is 0 Å². The number of hydrogen-bond acceptors (Lipinski definition) is 4. The number of aromatic nitrogens is 4. The normalized spacial score (nSPS) is 10.2. The molecule has 0 spiro atoms. The van der Waals surface area contributed by atoms with Gasteiger partial charge in [0.1, 0.15) is 6.54 Å². The molecule has 0 fully saturated rings. The molecule has 7 nitrogen and oxygen atoms in total. The zero-order valence-electron chi connectivity index (χ0n) is 8.15. The SMILES string of the molecule is O=C(O)Cn1nc(-n2cccn2)ccc1=O. The number of aliphatic carboxylic acids is 1. The maximum absolute atomic E-state index is 11.3. The van der Waals surface area contributed by atoms with Crippen LogP contribution in [0.25, 0.3) is 5.82 Å². The van der Waals surface area contributed by atoms with Gasteiger partial charge in [0.15, 0.2) is 5.82 Å². The highest BCUT2D eigenvalue weighted by atomic mass is 16.4. The zero-order valence-corrected chi connectivity index (χ0v) is 8.15. The molecule has 0 unspecified atom stereocenters. The van der Waals surface area contributed by atoms with Gasteiger partial charge in [0.2, 0.25) is 0 Å². The van der Waals surface area contributed by atoms with Crippen molar-refractivity contribution in [2.75, 3.05) is 0 Å². The van der Waals surface area contributed by atoms with Crippen molar-refractivity contribution >= 4 is 5.97 Å². The fraction of sp³-hybridized carbons (Fsp3) is 0.111. The monoisotopic (exact) mass is 220 g/mol. The predicted octanol–water partition coefficient (Wildman–Crippen LogP) is -0.486. The number of carbonyl (C=O) groups is 1. The van der Waals surface area contributed by atoms with Crippen LogP contribution in [0.3, 0.4) is 0 Å². The Bertz CT molecular complexity index is 558. The first-order valence-corrected chi connectivity index (χ1v) is 4.47. The summed E-state index contributed by atoms with van der Waals surface area (Å²) >= 11 is 0. The molecule has 0 aliphatic carbocycles. The molecule has 2 aromatic rings. The van der Waals surface area contributed by atoms with E-state index in [-0.39, 0.29) is 0 Å². The number of carboxylic acid groups (broad SMARTS) is 1. The van der Waals surface area contributed by atoms with Crippen LogP contribution in [0, 0.1) is 0 Å². The van der Waals surface area contributed by atoms with Gasteiger partial charge in [0, 0.05) is 18.5 Å². The maximum atomic E-state index is 11.3. The minimum absolute atomic E-state index is 0.394. The Morgan fingerprint density at radius 1 is 1.44 bits per heavy atom. The first kappa shape index (κ1) is 10.1. The van der Waals surface area contributed by atoms with E-state index in [1.807, 2.05) is 0 Å². The number of hydrogen-bond donors (Lipinski definition) is 1. The van der Waals surface area contributed by atoms with Crippen molar-refractivity contribution in [1.82, 2.24) is 19.6 Å². The highest BCUT2D eigenvalue weighted by Crippen LogP contribution is 1.97. The number of nitrogens with zero attached hydrogens (tertiary/aromatic N) is 4. The summed E-state index contributed by atoms with van der Waals surface area (Å²) in [7, 11) is 0. The Morgan fingerprint density at radius 3 is 2.88 bits per heavy atom.